The highest BCUT2D eigenvalue weighted by molar-refractivity contribution is 7.92. The van der Waals surface area contributed by atoms with Crippen LogP contribution in [-0.2, 0) is 21.1 Å². The van der Waals surface area contributed by atoms with Gasteiger partial charge in [-0.05, 0) is 32.3 Å². The predicted molar refractivity (Wildman–Crippen MR) is 99.3 cm³/mol. The van der Waals surface area contributed by atoms with E-state index in [2.05, 4.69) is 5.32 Å². The van der Waals surface area contributed by atoms with Gasteiger partial charge in [0, 0.05) is 25.2 Å². The first-order chi connectivity index (χ1) is 10.9. The van der Waals surface area contributed by atoms with E-state index in [1.54, 1.807) is 4.90 Å². The Morgan fingerprint density at radius 3 is 2.58 bits per heavy atom. The maximum Gasteiger partial charge on any atom is 0.238 e. The molecular weight excluding hydrogens is 348 g/mol. The number of benzene rings is 1. The zero-order valence-corrected chi connectivity index (χ0v) is 15.9. The largest absolute Gasteiger partial charge is 0.336 e. The number of nitrogens with one attached hydrogen (secondary N) is 1. The zero-order chi connectivity index (χ0) is 16.9. The van der Waals surface area contributed by atoms with Crippen LogP contribution < -0.4 is 5.32 Å². The number of hydrogen-bond acceptors (Lipinski definition) is 4. The summed E-state index contributed by atoms with van der Waals surface area (Å²) in [7, 11) is -3.35. The Kier molecular flexibility index (Phi) is 8.19. The topological polar surface area (TPSA) is 66.5 Å². The van der Waals surface area contributed by atoms with E-state index in [-0.39, 0.29) is 41.9 Å². The molecule has 136 valence electrons. The highest BCUT2D eigenvalue weighted by Gasteiger charge is 2.30. The van der Waals surface area contributed by atoms with Gasteiger partial charge in [-0.2, -0.15) is 0 Å². The van der Waals surface area contributed by atoms with E-state index in [9.17, 15) is 13.2 Å². The van der Waals surface area contributed by atoms with Crippen LogP contribution in [0.25, 0.3) is 0 Å². The summed E-state index contributed by atoms with van der Waals surface area (Å²) in [4.78, 5) is 14.0. The molecule has 0 aromatic heterocycles. The number of aryl methyl sites for hydroxylation is 1. The van der Waals surface area contributed by atoms with Gasteiger partial charge in [-0.15, -0.1) is 12.4 Å². The van der Waals surface area contributed by atoms with Crippen molar-refractivity contribution in [2.24, 2.45) is 0 Å². The molecule has 1 heterocycles. The number of carbonyl (C=O) groups is 1. The van der Waals surface area contributed by atoms with Crippen molar-refractivity contribution < 1.29 is 13.2 Å². The molecule has 2 unspecified atom stereocenters. The van der Waals surface area contributed by atoms with Crippen LogP contribution >= 0.6 is 12.4 Å². The van der Waals surface area contributed by atoms with E-state index in [0.717, 1.165) is 12.0 Å². The second kappa shape index (κ2) is 9.39. The lowest BCUT2D eigenvalue weighted by Crippen LogP contribution is -2.58. The van der Waals surface area contributed by atoms with Gasteiger partial charge in [0.05, 0.1) is 5.75 Å². The molecule has 1 aliphatic heterocycles. The fraction of sp³-hybridized carbons (Fsp3) is 0.588. The summed E-state index contributed by atoms with van der Waals surface area (Å²) in [6.07, 6.45) is 1.27. The van der Waals surface area contributed by atoms with Crippen LogP contribution in [0.2, 0.25) is 0 Å². The molecule has 5 nitrogen and oxygen atoms in total. The number of rotatable bonds is 6. The summed E-state index contributed by atoms with van der Waals surface area (Å²) < 4.78 is 24.4. The van der Waals surface area contributed by atoms with E-state index < -0.39 is 9.84 Å². The van der Waals surface area contributed by atoms with Gasteiger partial charge in [-0.25, -0.2) is 8.42 Å². The second-order valence-electron chi connectivity index (χ2n) is 6.25. The molecule has 1 saturated heterocycles. The minimum Gasteiger partial charge on any atom is -0.336 e. The van der Waals surface area contributed by atoms with Crippen molar-refractivity contribution in [1.29, 1.82) is 0 Å². The first kappa shape index (κ1) is 20.9. The third kappa shape index (κ3) is 6.07. The number of sulfone groups is 1. The Morgan fingerprint density at radius 1 is 1.25 bits per heavy atom. The number of amides is 1. The maximum atomic E-state index is 12.3. The number of piperazine rings is 1. The Hall–Kier alpha value is -1.11. The standard InChI is InChI=1S/C17H26N2O3S.ClH/c1-14-15(2)19(11-10-18-14)17(20)13-23(21,22)12-6-9-16-7-4-3-5-8-16;/h3-5,7-8,14-15,18H,6,9-13H2,1-2H3;1H. The van der Waals surface area contributed by atoms with Gasteiger partial charge in [-0.1, -0.05) is 30.3 Å². The lowest BCUT2D eigenvalue weighted by atomic mass is 10.1. The van der Waals surface area contributed by atoms with Gasteiger partial charge in [0.25, 0.3) is 0 Å². The molecule has 1 amide bonds. The smallest absolute Gasteiger partial charge is 0.238 e. The molecule has 1 fully saturated rings. The fourth-order valence-electron chi connectivity index (χ4n) is 2.89. The molecule has 24 heavy (non-hydrogen) atoms. The van der Waals surface area contributed by atoms with Crippen LogP contribution in [0, 0.1) is 0 Å². The summed E-state index contributed by atoms with van der Waals surface area (Å²) >= 11 is 0. The molecule has 1 aromatic carbocycles. The average Bonchev–Trinajstić information content (AvgIpc) is 2.50. The van der Waals surface area contributed by atoms with Crippen molar-refractivity contribution in [3.05, 3.63) is 35.9 Å². The SMILES string of the molecule is CC1NCCN(C(=O)CS(=O)(=O)CCCc2ccccc2)C1C.Cl. The van der Waals surface area contributed by atoms with E-state index >= 15 is 0 Å². The Labute approximate surface area is 151 Å². The summed E-state index contributed by atoms with van der Waals surface area (Å²) in [6.45, 7) is 5.25. The van der Waals surface area contributed by atoms with Gasteiger partial charge >= 0.3 is 0 Å². The average molecular weight is 375 g/mol. The monoisotopic (exact) mass is 374 g/mol. The van der Waals surface area contributed by atoms with E-state index in [4.69, 9.17) is 0 Å². The molecule has 2 rings (SSSR count). The van der Waals surface area contributed by atoms with Gasteiger partial charge in [0.2, 0.25) is 5.91 Å². The second-order valence-corrected chi connectivity index (χ2v) is 8.44. The van der Waals surface area contributed by atoms with Gasteiger partial charge in [-0.3, -0.25) is 4.79 Å². The normalized spacial score (nSPS) is 21.2. The van der Waals surface area contributed by atoms with Crippen LogP contribution in [0.15, 0.2) is 30.3 Å². The molecule has 1 aliphatic rings. The minimum atomic E-state index is -3.35. The maximum absolute atomic E-state index is 12.3. The van der Waals surface area contributed by atoms with E-state index in [1.807, 2.05) is 44.2 Å². The first-order valence-electron chi connectivity index (χ1n) is 8.16. The first-order valence-corrected chi connectivity index (χ1v) is 9.98. The van der Waals surface area contributed by atoms with Crippen molar-refractivity contribution in [3.63, 3.8) is 0 Å². The molecule has 0 spiro atoms. The molecule has 0 saturated carbocycles. The zero-order valence-electron chi connectivity index (χ0n) is 14.3. The Balaban J connectivity index is 0.00000288. The van der Waals surface area contributed by atoms with Gasteiger partial charge in [0.15, 0.2) is 9.84 Å². The van der Waals surface area contributed by atoms with Crippen molar-refractivity contribution in [2.45, 2.75) is 38.8 Å². The van der Waals surface area contributed by atoms with Crippen molar-refractivity contribution in [1.82, 2.24) is 10.2 Å². The van der Waals surface area contributed by atoms with Crippen LogP contribution in [0.3, 0.4) is 0 Å². The van der Waals surface area contributed by atoms with Crippen molar-refractivity contribution >= 4 is 28.2 Å². The quantitative estimate of drug-likeness (QED) is 0.822. The molecule has 2 atom stereocenters. The predicted octanol–water partition coefficient (Wildman–Crippen LogP) is 1.66. The van der Waals surface area contributed by atoms with E-state index in [0.29, 0.717) is 19.5 Å². The van der Waals surface area contributed by atoms with Gasteiger partial charge in [0.1, 0.15) is 5.75 Å². The molecule has 0 bridgehead atoms. The van der Waals surface area contributed by atoms with Crippen molar-refractivity contribution in [2.75, 3.05) is 24.6 Å². The summed E-state index contributed by atoms with van der Waals surface area (Å²) in [5, 5.41) is 3.29. The number of nitrogens with zero attached hydrogens (tertiary/aromatic N) is 1. The van der Waals surface area contributed by atoms with Crippen LogP contribution in [0.1, 0.15) is 25.8 Å². The third-order valence-corrected chi connectivity index (χ3v) is 6.06. The summed E-state index contributed by atoms with van der Waals surface area (Å²) in [5.41, 5.74) is 1.12. The highest BCUT2D eigenvalue weighted by Crippen LogP contribution is 2.11. The Bertz CT molecular complexity index is 622. The molecule has 0 radical (unpaired) electrons. The lowest BCUT2D eigenvalue weighted by molar-refractivity contribution is -0.132. The van der Waals surface area contributed by atoms with Crippen LogP contribution in [0.4, 0.5) is 0 Å². The lowest BCUT2D eigenvalue weighted by Gasteiger charge is -2.38. The fourth-order valence-corrected chi connectivity index (χ4v) is 4.16. The van der Waals surface area contributed by atoms with Gasteiger partial charge < -0.3 is 10.2 Å². The number of hydrogen-bond donors (Lipinski definition) is 1. The number of halogens is 1. The van der Waals surface area contributed by atoms with Crippen molar-refractivity contribution in [3.8, 4) is 0 Å². The molecule has 7 heteroatoms. The summed E-state index contributed by atoms with van der Waals surface area (Å²) in [5.74, 6) is -0.590. The number of carbonyl (C=O) groups excluding carboxylic acids is 1. The molecule has 1 aromatic rings. The Morgan fingerprint density at radius 2 is 1.92 bits per heavy atom. The highest BCUT2D eigenvalue weighted by atomic mass is 35.5. The minimum absolute atomic E-state index is 0. The molecular formula is C17H27ClN2O3S. The van der Waals surface area contributed by atoms with Crippen LogP contribution in [-0.4, -0.2) is 55.9 Å². The third-order valence-electron chi connectivity index (χ3n) is 4.46. The molecule has 0 aliphatic carbocycles. The van der Waals surface area contributed by atoms with E-state index in [1.165, 1.54) is 0 Å². The van der Waals surface area contributed by atoms with Crippen LogP contribution in [0.5, 0.6) is 0 Å². The molecule has 1 N–H and O–H groups in total. The summed E-state index contributed by atoms with van der Waals surface area (Å²) in [6, 6.07) is 10.0.